The van der Waals surface area contributed by atoms with Crippen LogP contribution in [0.4, 0.5) is 5.13 Å². The Kier molecular flexibility index (Phi) is 5.15. The second kappa shape index (κ2) is 6.46. The average molecular weight is 300 g/mol. The SMILES string of the molecule is CCC1CN(c2ncc(CNC(C)(C)C)s2)CCS1. The molecule has 1 N–H and O–H groups in total. The molecule has 19 heavy (non-hydrogen) atoms. The van der Waals surface area contributed by atoms with Gasteiger partial charge in [0.25, 0.3) is 0 Å². The minimum atomic E-state index is 0.166. The number of hydrogen-bond acceptors (Lipinski definition) is 5. The van der Waals surface area contributed by atoms with E-state index in [1.54, 1.807) is 0 Å². The number of rotatable bonds is 4. The number of aromatic nitrogens is 1. The van der Waals surface area contributed by atoms with Gasteiger partial charge >= 0.3 is 0 Å². The third-order valence-electron chi connectivity index (χ3n) is 3.20. The Balaban J connectivity index is 1.93. The molecule has 1 fully saturated rings. The standard InChI is InChI=1S/C14H25N3S2/c1-5-11-10-17(6-7-18-11)13-15-8-12(19-13)9-16-14(2,3)4/h8,11,16H,5-7,9-10H2,1-4H3. The predicted octanol–water partition coefficient (Wildman–Crippen LogP) is 3.36. The van der Waals surface area contributed by atoms with Crippen LogP contribution in [0.15, 0.2) is 6.20 Å². The van der Waals surface area contributed by atoms with Gasteiger partial charge in [-0.1, -0.05) is 6.92 Å². The number of nitrogens with zero attached hydrogens (tertiary/aromatic N) is 2. The normalized spacial score (nSPS) is 20.8. The van der Waals surface area contributed by atoms with Crippen LogP contribution in [0, 0.1) is 0 Å². The summed E-state index contributed by atoms with van der Waals surface area (Å²) in [4.78, 5) is 8.39. The van der Waals surface area contributed by atoms with Gasteiger partial charge < -0.3 is 10.2 Å². The van der Waals surface area contributed by atoms with Crippen LogP contribution < -0.4 is 10.2 Å². The van der Waals surface area contributed by atoms with Crippen LogP contribution in [-0.2, 0) is 6.54 Å². The first-order valence-electron chi connectivity index (χ1n) is 7.04. The summed E-state index contributed by atoms with van der Waals surface area (Å²) in [5.41, 5.74) is 0.166. The van der Waals surface area contributed by atoms with Crippen molar-refractivity contribution in [2.24, 2.45) is 0 Å². The number of anilines is 1. The molecule has 108 valence electrons. The summed E-state index contributed by atoms with van der Waals surface area (Å²) in [5.74, 6) is 1.23. The van der Waals surface area contributed by atoms with E-state index in [0.29, 0.717) is 0 Å². The van der Waals surface area contributed by atoms with Gasteiger partial charge in [0.05, 0.1) is 0 Å². The lowest BCUT2D eigenvalue weighted by Crippen LogP contribution is -2.37. The molecule has 1 atom stereocenters. The van der Waals surface area contributed by atoms with Gasteiger partial charge in [-0.25, -0.2) is 4.98 Å². The van der Waals surface area contributed by atoms with Gasteiger partial charge in [0, 0.05) is 47.2 Å². The number of nitrogens with one attached hydrogen (secondary N) is 1. The molecule has 0 amide bonds. The molecule has 0 spiro atoms. The van der Waals surface area contributed by atoms with E-state index in [-0.39, 0.29) is 5.54 Å². The van der Waals surface area contributed by atoms with E-state index in [2.05, 4.69) is 54.7 Å². The van der Waals surface area contributed by atoms with E-state index in [1.165, 1.54) is 22.2 Å². The molecule has 1 aromatic rings. The summed E-state index contributed by atoms with van der Waals surface area (Å²) in [6.07, 6.45) is 3.28. The molecule has 0 aliphatic carbocycles. The first kappa shape index (κ1) is 15.1. The van der Waals surface area contributed by atoms with Gasteiger partial charge in [-0.2, -0.15) is 11.8 Å². The van der Waals surface area contributed by atoms with E-state index in [1.807, 2.05) is 17.5 Å². The van der Waals surface area contributed by atoms with E-state index < -0.39 is 0 Å². The van der Waals surface area contributed by atoms with Crippen molar-refractivity contribution in [3.63, 3.8) is 0 Å². The lowest BCUT2D eigenvalue weighted by molar-refractivity contribution is 0.426. The highest BCUT2D eigenvalue weighted by atomic mass is 32.2. The molecule has 2 rings (SSSR count). The van der Waals surface area contributed by atoms with Gasteiger partial charge in [0.1, 0.15) is 0 Å². The van der Waals surface area contributed by atoms with Crippen LogP contribution in [0.2, 0.25) is 0 Å². The molecule has 2 heterocycles. The number of thioether (sulfide) groups is 1. The third-order valence-corrected chi connectivity index (χ3v) is 5.63. The second-order valence-electron chi connectivity index (χ2n) is 6.06. The molecule has 0 saturated carbocycles. The Labute approximate surface area is 125 Å². The maximum absolute atomic E-state index is 4.60. The lowest BCUT2D eigenvalue weighted by Gasteiger charge is -2.31. The summed E-state index contributed by atoms with van der Waals surface area (Å²) >= 11 is 3.94. The van der Waals surface area contributed by atoms with Crippen LogP contribution >= 0.6 is 23.1 Å². The molecule has 3 nitrogen and oxygen atoms in total. The maximum atomic E-state index is 4.60. The summed E-state index contributed by atoms with van der Waals surface area (Å²) in [6.45, 7) is 12.1. The lowest BCUT2D eigenvalue weighted by atomic mass is 10.1. The molecule has 5 heteroatoms. The van der Waals surface area contributed by atoms with Crippen LogP contribution in [0.3, 0.4) is 0 Å². The molecule has 1 aliphatic heterocycles. The van der Waals surface area contributed by atoms with Crippen molar-refractivity contribution >= 4 is 28.2 Å². The number of thiazole rings is 1. The first-order chi connectivity index (χ1) is 8.98. The van der Waals surface area contributed by atoms with E-state index >= 15 is 0 Å². The minimum absolute atomic E-state index is 0.166. The Hall–Kier alpha value is -0.260. The molecule has 1 unspecified atom stereocenters. The van der Waals surface area contributed by atoms with Gasteiger partial charge in [0.2, 0.25) is 0 Å². The summed E-state index contributed by atoms with van der Waals surface area (Å²) in [7, 11) is 0. The zero-order chi connectivity index (χ0) is 13.9. The molecule has 0 radical (unpaired) electrons. The van der Waals surface area contributed by atoms with Crippen LogP contribution in [0.1, 0.15) is 39.0 Å². The van der Waals surface area contributed by atoms with Crippen LogP contribution in [0.25, 0.3) is 0 Å². The zero-order valence-corrected chi connectivity index (χ0v) is 14.0. The van der Waals surface area contributed by atoms with E-state index in [0.717, 1.165) is 24.9 Å². The molecule has 1 aliphatic rings. The molecule has 0 bridgehead atoms. The summed E-state index contributed by atoms with van der Waals surface area (Å²) < 4.78 is 0. The first-order valence-corrected chi connectivity index (χ1v) is 8.91. The van der Waals surface area contributed by atoms with Gasteiger partial charge in [-0.3, -0.25) is 0 Å². The Morgan fingerprint density at radius 3 is 2.95 bits per heavy atom. The molecular formula is C14H25N3S2. The third kappa shape index (κ3) is 4.65. The minimum Gasteiger partial charge on any atom is -0.346 e. The Morgan fingerprint density at radius 2 is 2.26 bits per heavy atom. The van der Waals surface area contributed by atoms with Gasteiger partial charge in [0.15, 0.2) is 5.13 Å². The zero-order valence-electron chi connectivity index (χ0n) is 12.4. The van der Waals surface area contributed by atoms with Crippen molar-refractivity contribution in [3.8, 4) is 0 Å². The number of hydrogen-bond donors (Lipinski definition) is 1. The van der Waals surface area contributed by atoms with Gasteiger partial charge in [-0.15, -0.1) is 11.3 Å². The summed E-state index contributed by atoms with van der Waals surface area (Å²) in [6, 6.07) is 0. The summed E-state index contributed by atoms with van der Waals surface area (Å²) in [5, 5.41) is 5.49. The van der Waals surface area contributed by atoms with E-state index in [4.69, 9.17) is 0 Å². The second-order valence-corrected chi connectivity index (χ2v) is 8.56. The highest BCUT2D eigenvalue weighted by Gasteiger charge is 2.21. The van der Waals surface area contributed by atoms with E-state index in [9.17, 15) is 0 Å². The smallest absolute Gasteiger partial charge is 0.185 e. The predicted molar refractivity (Wildman–Crippen MR) is 87.5 cm³/mol. The molecular weight excluding hydrogens is 274 g/mol. The van der Waals surface area contributed by atoms with Crippen LogP contribution in [-0.4, -0.2) is 34.6 Å². The Morgan fingerprint density at radius 1 is 1.47 bits per heavy atom. The van der Waals surface area contributed by atoms with Gasteiger partial charge in [-0.05, 0) is 27.2 Å². The van der Waals surface area contributed by atoms with Crippen molar-refractivity contribution in [2.45, 2.75) is 51.4 Å². The largest absolute Gasteiger partial charge is 0.346 e. The fourth-order valence-electron chi connectivity index (χ4n) is 2.02. The van der Waals surface area contributed by atoms with Crippen molar-refractivity contribution in [1.82, 2.24) is 10.3 Å². The Bertz CT molecular complexity index is 398. The monoisotopic (exact) mass is 299 g/mol. The maximum Gasteiger partial charge on any atom is 0.185 e. The van der Waals surface area contributed by atoms with Crippen molar-refractivity contribution < 1.29 is 0 Å². The average Bonchev–Trinajstić information content (AvgIpc) is 2.84. The van der Waals surface area contributed by atoms with Crippen molar-refractivity contribution in [1.29, 1.82) is 0 Å². The van der Waals surface area contributed by atoms with Crippen molar-refractivity contribution in [2.75, 3.05) is 23.7 Å². The van der Waals surface area contributed by atoms with Crippen molar-refractivity contribution in [3.05, 3.63) is 11.1 Å². The fourth-order valence-corrected chi connectivity index (χ4v) is 4.08. The molecule has 0 aromatic carbocycles. The highest BCUT2D eigenvalue weighted by Crippen LogP contribution is 2.29. The van der Waals surface area contributed by atoms with Crippen LogP contribution in [0.5, 0.6) is 0 Å². The highest BCUT2D eigenvalue weighted by molar-refractivity contribution is 8.00. The molecule has 1 aromatic heterocycles. The topological polar surface area (TPSA) is 28.2 Å². The molecule has 1 saturated heterocycles. The quantitative estimate of drug-likeness (QED) is 0.923. The fraction of sp³-hybridized carbons (Fsp3) is 0.786.